The number of para-hydroxylation sites is 1. The highest BCUT2D eigenvalue weighted by molar-refractivity contribution is 5.83. The van der Waals surface area contributed by atoms with Gasteiger partial charge in [0, 0.05) is 29.2 Å². The molecule has 1 aliphatic heterocycles. The fourth-order valence-electron chi connectivity index (χ4n) is 3.26. The van der Waals surface area contributed by atoms with Gasteiger partial charge in [-0.05, 0) is 50.9 Å². The summed E-state index contributed by atoms with van der Waals surface area (Å²) >= 11 is 0. The fourth-order valence-corrected chi connectivity index (χ4v) is 3.26. The van der Waals surface area contributed by atoms with Gasteiger partial charge >= 0.3 is 0 Å². The Hall–Kier alpha value is -1.32. The number of hydrogen-bond acceptors (Lipinski definition) is 2. The van der Waals surface area contributed by atoms with Crippen molar-refractivity contribution in [3.8, 4) is 0 Å². The maximum absolute atomic E-state index is 6.10. The number of likely N-dealkylation sites (tertiary alicyclic amines) is 1. The van der Waals surface area contributed by atoms with E-state index in [4.69, 9.17) is 5.73 Å². The van der Waals surface area contributed by atoms with Crippen LogP contribution >= 0.6 is 0 Å². The number of nitrogens with zero attached hydrogens (tertiary/aromatic N) is 1. The van der Waals surface area contributed by atoms with Crippen LogP contribution in [0.3, 0.4) is 0 Å². The fraction of sp³-hybridized carbons (Fsp3) is 0.500. The van der Waals surface area contributed by atoms with E-state index in [0.29, 0.717) is 6.54 Å². The normalized spacial score (nSPS) is 19.9. The van der Waals surface area contributed by atoms with Gasteiger partial charge in [-0.1, -0.05) is 18.2 Å². The third-order valence-corrected chi connectivity index (χ3v) is 4.56. The molecular weight excluding hydrogens is 234 g/mol. The molecule has 0 bridgehead atoms. The maximum atomic E-state index is 6.10. The van der Waals surface area contributed by atoms with Crippen LogP contribution in [-0.4, -0.2) is 35.1 Å². The Bertz CT molecular complexity index is 554. The molecule has 3 heteroatoms. The molecule has 1 aromatic heterocycles. The molecule has 2 aromatic rings. The first-order valence-corrected chi connectivity index (χ1v) is 7.23. The zero-order chi connectivity index (χ0) is 13.3. The quantitative estimate of drug-likeness (QED) is 0.884. The van der Waals surface area contributed by atoms with Crippen molar-refractivity contribution in [2.75, 3.05) is 19.6 Å². The average molecular weight is 257 g/mol. The molecule has 0 saturated carbocycles. The van der Waals surface area contributed by atoms with Gasteiger partial charge < -0.3 is 10.7 Å². The first-order valence-electron chi connectivity index (χ1n) is 7.23. The van der Waals surface area contributed by atoms with Gasteiger partial charge in [0.05, 0.1) is 0 Å². The summed E-state index contributed by atoms with van der Waals surface area (Å²) in [6.45, 7) is 5.40. The van der Waals surface area contributed by atoms with Crippen LogP contribution in [0.2, 0.25) is 0 Å². The van der Waals surface area contributed by atoms with E-state index >= 15 is 0 Å². The Labute approximate surface area is 114 Å². The molecule has 0 spiro atoms. The molecule has 3 rings (SSSR count). The molecular formula is C16H23N3. The summed E-state index contributed by atoms with van der Waals surface area (Å²) in [5.74, 6) is 0. The lowest BCUT2D eigenvalue weighted by Gasteiger charge is -2.38. The van der Waals surface area contributed by atoms with E-state index in [0.717, 1.165) is 6.42 Å². The first-order chi connectivity index (χ1) is 9.23. The van der Waals surface area contributed by atoms with E-state index in [1.54, 1.807) is 0 Å². The summed E-state index contributed by atoms with van der Waals surface area (Å²) in [6.07, 6.45) is 5.79. The molecule has 1 saturated heterocycles. The van der Waals surface area contributed by atoms with Gasteiger partial charge in [0.15, 0.2) is 0 Å². The molecule has 3 N–H and O–H groups in total. The zero-order valence-electron chi connectivity index (χ0n) is 11.7. The molecule has 19 heavy (non-hydrogen) atoms. The Balaban J connectivity index is 1.89. The number of benzene rings is 1. The second kappa shape index (κ2) is 4.99. The minimum Gasteiger partial charge on any atom is -0.361 e. The summed E-state index contributed by atoms with van der Waals surface area (Å²) in [4.78, 5) is 5.93. The van der Waals surface area contributed by atoms with Crippen LogP contribution in [0.4, 0.5) is 0 Å². The monoisotopic (exact) mass is 257 g/mol. The largest absolute Gasteiger partial charge is 0.361 e. The third-order valence-electron chi connectivity index (χ3n) is 4.56. The molecule has 0 aliphatic carbocycles. The average Bonchev–Trinajstić information content (AvgIpc) is 3.09. The van der Waals surface area contributed by atoms with Crippen molar-refractivity contribution in [3.63, 3.8) is 0 Å². The minimum atomic E-state index is 0.0848. The maximum Gasteiger partial charge on any atom is 0.0456 e. The summed E-state index contributed by atoms with van der Waals surface area (Å²) in [6, 6.07) is 8.51. The number of nitrogens with one attached hydrogen (secondary N) is 1. The van der Waals surface area contributed by atoms with Gasteiger partial charge in [-0.3, -0.25) is 4.90 Å². The SMILES string of the molecule is CC(CN)(Cc1c[nH]c2ccccc12)N1CCCC1. The number of nitrogens with two attached hydrogens (primary N) is 1. The molecule has 0 radical (unpaired) electrons. The summed E-state index contributed by atoms with van der Waals surface area (Å²) in [5, 5.41) is 1.33. The number of aromatic nitrogens is 1. The molecule has 1 atom stereocenters. The minimum absolute atomic E-state index is 0.0848. The van der Waals surface area contributed by atoms with E-state index < -0.39 is 0 Å². The predicted molar refractivity (Wildman–Crippen MR) is 80.3 cm³/mol. The van der Waals surface area contributed by atoms with E-state index in [2.05, 4.69) is 47.3 Å². The van der Waals surface area contributed by atoms with E-state index in [9.17, 15) is 0 Å². The first kappa shape index (κ1) is 12.7. The highest BCUT2D eigenvalue weighted by Gasteiger charge is 2.33. The van der Waals surface area contributed by atoms with Crippen LogP contribution in [0, 0.1) is 0 Å². The van der Waals surface area contributed by atoms with Crippen LogP contribution in [-0.2, 0) is 6.42 Å². The van der Waals surface area contributed by atoms with Crippen LogP contribution in [0.25, 0.3) is 10.9 Å². The summed E-state index contributed by atoms with van der Waals surface area (Å²) < 4.78 is 0. The second-order valence-corrected chi connectivity index (χ2v) is 5.93. The zero-order valence-corrected chi connectivity index (χ0v) is 11.7. The van der Waals surface area contributed by atoms with Gasteiger partial charge in [-0.15, -0.1) is 0 Å². The molecule has 2 heterocycles. The molecule has 0 amide bonds. The van der Waals surface area contributed by atoms with Gasteiger partial charge in [0.2, 0.25) is 0 Å². The Morgan fingerprint density at radius 2 is 2.00 bits per heavy atom. The van der Waals surface area contributed by atoms with Crippen molar-refractivity contribution >= 4 is 10.9 Å². The van der Waals surface area contributed by atoms with Crippen molar-refractivity contribution < 1.29 is 0 Å². The summed E-state index contributed by atoms with van der Waals surface area (Å²) in [7, 11) is 0. The Morgan fingerprint density at radius 3 is 2.74 bits per heavy atom. The second-order valence-electron chi connectivity index (χ2n) is 5.93. The van der Waals surface area contributed by atoms with Crippen LogP contribution in [0.5, 0.6) is 0 Å². The Kier molecular flexibility index (Phi) is 3.33. The van der Waals surface area contributed by atoms with Crippen molar-refractivity contribution in [1.82, 2.24) is 9.88 Å². The number of fused-ring (bicyclic) bond motifs is 1. The van der Waals surface area contributed by atoms with Gasteiger partial charge in [0.25, 0.3) is 0 Å². The third kappa shape index (κ3) is 2.28. The lowest BCUT2D eigenvalue weighted by atomic mass is 9.91. The molecule has 3 nitrogen and oxygen atoms in total. The number of aromatic amines is 1. The van der Waals surface area contributed by atoms with E-state index in [1.807, 2.05) is 0 Å². The number of H-pyrrole nitrogens is 1. The summed E-state index contributed by atoms with van der Waals surface area (Å²) in [5.41, 5.74) is 8.79. The van der Waals surface area contributed by atoms with Crippen LogP contribution < -0.4 is 5.73 Å². The van der Waals surface area contributed by atoms with Gasteiger partial charge in [-0.25, -0.2) is 0 Å². The highest BCUT2D eigenvalue weighted by Crippen LogP contribution is 2.28. The van der Waals surface area contributed by atoms with E-state index in [1.165, 1.54) is 42.4 Å². The van der Waals surface area contributed by atoms with Gasteiger partial charge in [0.1, 0.15) is 0 Å². The smallest absolute Gasteiger partial charge is 0.0456 e. The van der Waals surface area contributed by atoms with Crippen LogP contribution in [0.15, 0.2) is 30.5 Å². The van der Waals surface area contributed by atoms with E-state index in [-0.39, 0.29) is 5.54 Å². The van der Waals surface area contributed by atoms with Crippen molar-refractivity contribution in [3.05, 3.63) is 36.0 Å². The lowest BCUT2D eigenvalue weighted by molar-refractivity contribution is 0.143. The molecule has 1 aromatic carbocycles. The van der Waals surface area contributed by atoms with Crippen molar-refractivity contribution in [2.24, 2.45) is 5.73 Å². The highest BCUT2D eigenvalue weighted by atomic mass is 15.2. The van der Waals surface area contributed by atoms with Gasteiger partial charge in [-0.2, -0.15) is 0 Å². The molecule has 1 aliphatic rings. The number of hydrogen-bond donors (Lipinski definition) is 2. The predicted octanol–water partition coefficient (Wildman–Crippen LogP) is 2.52. The lowest BCUT2D eigenvalue weighted by Crippen LogP contribution is -2.51. The standard InChI is InChI=1S/C16H23N3/c1-16(12-17,19-8-4-5-9-19)10-13-11-18-15-7-3-2-6-14(13)15/h2-3,6-7,11,18H,4-5,8-10,12,17H2,1H3. The molecule has 1 unspecified atom stereocenters. The molecule has 102 valence electrons. The van der Waals surface area contributed by atoms with Crippen molar-refractivity contribution in [2.45, 2.75) is 31.7 Å². The topological polar surface area (TPSA) is 45.1 Å². The number of rotatable bonds is 4. The Morgan fingerprint density at radius 1 is 1.26 bits per heavy atom. The van der Waals surface area contributed by atoms with Crippen LogP contribution in [0.1, 0.15) is 25.3 Å². The van der Waals surface area contributed by atoms with Crippen molar-refractivity contribution in [1.29, 1.82) is 0 Å². The molecule has 1 fully saturated rings.